The number of carbonyl (C=O) groups excluding carboxylic acids is 3. The third-order valence-electron chi connectivity index (χ3n) is 6.17. The zero-order chi connectivity index (χ0) is 22.7. The Labute approximate surface area is 188 Å². The molecule has 0 aromatic heterocycles. The number of piperazine rings is 1. The highest BCUT2D eigenvalue weighted by Crippen LogP contribution is 2.27. The summed E-state index contributed by atoms with van der Waals surface area (Å²) in [6, 6.07) is 13.3. The van der Waals surface area contributed by atoms with Gasteiger partial charge in [-0.05, 0) is 49.6 Å². The van der Waals surface area contributed by atoms with E-state index < -0.39 is 6.04 Å². The Hall–Kier alpha value is -3.19. The number of nitrogens with zero attached hydrogens (tertiary/aromatic N) is 2. The summed E-state index contributed by atoms with van der Waals surface area (Å²) < 4.78 is 0. The molecule has 0 bridgehead atoms. The van der Waals surface area contributed by atoms with Crippen LogP contribution in [0, 0.1) is 13.8 Å². The summed E-state index contributed by atoms with van der Waals surface area (Å²) in [5.74, 6) is -0.176. The molecule has 2 N–H and O–H groups in total. The molecule has 2 fully saturated rings. The van der Waals surface area contributed by atoms with Crippen LogP contribution in [0.4, 0.5) is 11.4 Å². The normalized spacial score (nSPS) is 19.2. The molecule has 0 spiro atoms. The maximum Gasteiger partial charge on any atom is 0.237 e. The molecule has 1 unspecified atom stereocenters. The number of hydrogen-bond donors (Lipinski definition) is 2. The molecule has 168 valence electrons. The second kappa shape index (κ2) is 9.53. The van der Waals surface area contributed by atoms with E-state index in [-0.39, 0.29) is 24.1 Å². The van der Waals surface area contributed by atoms with Crippen LogP contribution in [0.15, 0.2) is 42.5 Å². The number of aryl methyl sites for hydroxylation is 2. The van der Waals surface area contributed by atoms with Gasteiger partial charge in [-0.25, -0.2) is 0 Å². The average Bonchev–Trinajstić information content (AvgIpc) is 3.18. The first-order chi connectivity index (χ1) is 15.4. The van der Waals surface area contributed by atoms with E-state index in [0.29, 0.717) is 31.7 Å². The van der Waals surface area contributed by atoms with Crippen molar-refractivity contribution >= 4 is 29.1 Å². The lowest BCUT2D eigenvalue weighted by molar-refractivity contribution is -0.132. The van der Waals surface area contributed by atoms with Gasteiger partial charge in [0.2, 0.25) is 17.7 Å². The minimum atomic E-state index is -0.507. The lowest BCUT2D eigenvalue weighted by atomic mass is 10.1. The van der Waals surface area contributed by atoms with E-state index in [0.717, 1.165) is 29.8 Å². The molecule has 2 heterocycles. The van der Waals surface area contributed by atoms with Gasteiger partial charge in [0.05, 0.1) is 12.5 Å². The van der Waals surface area contributed by atoms with Gasteiger partial charge in [-0.1, -0.05) is 29.8 Å². The lowest BCUT2D eigenvalue weighted by Gasteiger charge is -2.34. The van der Waals surface area contributed by atoms with Crippen molar-refractivity contribution in [2.75, 3.05) is 29.9 Å². The van der Waals surface area contributed by atoms with Crippen molar-refractivity contribution in [2.24, 2.45) is 0 Å². The Balaban J connectivity index is 1.41. The first-order valence-corrected chi connectivity index (χ1v) is 11.2. The molecule has 2 aromatic carbocycles. The predicted octanol–water partition coefficient (Wildman–Crippen LogP) is 2.76. The van der Waals surface area contributed by atoms with Gasteiger partial charge >= 0.3 is 0 Å². The minimum Gasteiger partial charge on any atom is -0.353 e. The zero-order valence-electron chi connectivity index (χ0n) is 18.7. The monoisotopic (exact) mass is 434 g/mol. The predicted molar refractivity (Wildman–Crippen MR) is 124 cm³/mol. The molecule has 0 aliphatic carbocycles. The third-order valence-corrected chi connectivity index (χ3v) is 6.17. The van der Waals surface area contributed by atoms with Crippen molar-refractivity contribution in [3.63, 3.8) is 0 Å². The Morgan fingerprint density at radius 3 is 2.56 bits per heavy atom. The van der Waals surface area contributed by atoms with E-state index in [1.165, 1.54) is 5.56 Å². The van der Waals surface area contributed by atoms with E-state index in [4.69, 9.17) is 0 Å². The van der Waals surface area contributed by atoms with Crippen LogP contribution in [0.2, 0.25) is 0 Å². The fourth-order valence-corrected chi connectivity index (χ4v) is 4.43. The largest absolute Gasteiger partial charge is 0.353 e. The summed E-state index contributed by atoms with van der Waals surface area (Å²) in [6.07, 6.45) is 1.54. The summed E-state index contributed by atoms with van der Waals surface area (Å²) in [4.78, 5) is 41.2. The number of hydrogen-bond acceptors (Lipinski definition) is 4. The molecule has 1 atom stereocenters. The van der Waals surface area contributed by atoms with Crippen molar-refractivity contribution < 1.29 is 14.4 Å². The van der Waals surface area contributed by atoms with Crippen LogP contribution in [0.5, 0.6) is 0 Å². The molecule has 0 radical (unpaired) electrons. The second-order valence-corrected chi connectivity index (χ2v) is 8.67. The van der Waals surface area contributed by atoms with Gasteiger partial charge in [0.15, 0.2) is 0 Å². The zero-order valence-corrected chi connectivity index (χ0v) is 18.7. The Bertz CT molecular complexity index is 1020. The summed E-state index contributed by atoms with van der Waals surface area (Å²) >= 11 is 0. The van der Waals surface area contributed by atoms with Crippen molar-refractivity contribution in [3.05, 3.63) is 59.2 Å². The summed E-state index contributed by atoms with van der Waals surface area (Å²) in [5.41, 5.74) is 4.81. The molecule has 32 heavy (non-hydrogen) atoms. The molecule has 3 amide bonds. The number of anilines is 2. The van der Waals surface area contributed by atoms with Gasteiger partial charge in [0.25, 0.3) is 0 Å². The molecule has 4 rings (SSSR count). The molecule has 2 aromatic rings. The smallest absolute Gasteiger partial charge is 0.237 e. The van der Waals surface area contributed by atoms with E-state index >= 15 is 0 Å². The highest BCUT2D eigenvalue weighted by molar-refractivity contribution is 5.98. The number of amides is 3. The summed E-state index contributed by atoms with van der Waals surface area (Å²) in [5, 5.41) is 5.80. The van der Waals surface area contributed by atoms with Crippen LogP contribution >= 0.6 is 0 Å². The molecule has 7 heteroatoms. The van der Waals surface area contributed by atoms with Crippen LogP contribution in [-0.4, -0.2) is 48.3 Å². The minimum absolute atomic E-state index is 0.0864. The summed E-state index contributed by atoms with van der Waals surface area (Å²) in [7, 11) is 0. The van der Waals surface area contributed by atoms with Gasteiger partial charge in [0, 0.05) is 44.0 Å². The van der Waals surface area contributed by atoms with Crippen molar-refractivity contribution in [1.29, 1.82) is 0 Å². The Kier molecular flexibility index (Phi) is 6.55. The van der Waals surface area contributed by atoms with Gasteiger partial charge in [-0.3, -0.25) is 19.3 Å². The topological polar surface area (TPSA) is 81.8 Å². The Morgan fingerprint density at radius 1 is 1.09 bits per heavy atom. The SMILES string of the molecule is Cc1ccc(CN2CCNC(=O)C2CC(=O)Nc2ccc(N3CCCC3=O)c(C)c2)cc1. The molecule has 7 nitrogen and oxygen atoms in total. The number of benzene rings is 2. The maximum absolute atomic E-state index is 12.8. The van der Waals surface area contributed by atoms with Crippen LogP contribution in [0.1, 0.15) is 36.0 Å². The first-order valence-electron chi connectivity index (χ1n) is 11.2. The molecule has 2 saturated heterocycles. The van der Waals surface area contributed by atoms with Crippen LogP contribution in [-0.2, 0) is 20.9 Å². The molecule has 0 saturated carbocycles. The standard InChI is InChI=1S/C25H30N4O3/c1-17-5-7-19(8-6-17)16-28-13-11-26-25(32)22(28)15-23(30)27-20-9-10-21(18(2)14-20)29-12-3-4-24(29)31/h5-10,14,22H,3-4,11-13,15-16H2,1-2H3,(H,26,32)(H,27,30). The van der Waals surface area contributed by atoms with Crippen LogP contribution in [0.25, 0.3) is 0 Å². The third kappa shape index (κ3) is 4.99. The van der Waals surface area contributed by atoms with Crippen LogP contribution in [0.3, 0.4) is 0 Å². The van der Waals surface area contributed by atoms with Crippen molar-refractivity contribution in [1.82, 2.24) is 10.2 Å². The molecular formula is C25H30N4O3. The number of rotatable bonds is 6. The van der Waals surface area contributed by atoms with Crippen molar-refractivity contribution in [3.8, 4) is 0 Å². The first kappa shape index (κ1) is 22.0. The highest BCUT2D eigenvalue weighted by atomic mass is 16.2. The average molecular weight is 435 g/mol. The molecule has 2 aliphatic heterocycles. The fraction of sp³-hybridized carbons (Fsp3) is 0.400. The van der Waals surface area contributed by atoms with Crippen molar-refractivity contribution in [2.45, 2.75) is 45.7 Å². The number of nitrogens with one attached hydrogen (secondary N) is 2. The summed E-state index contributed by atoms with van der Waals surface area (Å²) in [6.45, 7) is 6.63. The van der Waals surface area contributed by atoms with Gasteiger partial charge < -0.3 is 15.5 Å². The van der Waals surface area contributed by atoms with E-state index in [9.17, 15) is 14.4 Å². The second-order valence-electron chi connectivity index (χ2n) is 8.67. The van der Waals surface area contributed by atoms with E-state index in [1.54, 1.807) is 4.90 Å². The Morgan fingerprint density at radius 2 is 1.88 bits per heavy atom. The quantitative estimate of drug-likeness (QED) is 0.733. The van der Waals surface area contributed by atoms with Gasteiger partial charge in [-0.15, -0.1) is 0 Å². The maximum atomic E-state index is 12.8. The van der Waals surface area contributed by atoms with E-state index in [1.807, 2.05) is 32.0 Å². The molecular weight excluding hydrogens is 404 g/mol. The van der Waals surface area contributed by atoms with Crippen LogP contribution < -0.4 is 15.5 Å². The van der Waals surface area contributed by atoms with Gasteiger partial charge in [0.1, 0.15) is 0 Å². The highest BCUT2D eigenvalue weighted by Gasteiger charge is 2.31. The lowest BCUT2D eigenvalue weighted by Crippen LogP contribution is -2.55. The van der Waals surface area contributed by atoms with E-state index in [2.05, 4.69) is 39.8 Å². The van der Waals surface area contributed by atoms with Gasteiger partial charge in [-0.2, -0.15) is 0 Å². The number of carbonyl (C=O) groups is 3. The molecule has 2 aliphatic rings. The fourth-order valence-electron chi connectivity index (χ4n) is 4.43.